The summed E-state index contributed by atoms with van der Waals surface area (Å²) in [5, 5.41) is 0.300. The number of hydrogen-bond donors (Lipinski definition) is 1. The van der Waals surface area contributed by atoms with Crippen molar-refractivity contribution in [3.8, 4) is 0 Å². The maximum atomic E-state index is 14.4. The number of halogens is 2. The van der Waals surface area contributed by atoms with E-state index in [-0.39, 0.29) is 18.4 Å². The number of rotatable bonds is 7. The van der Waals surface area contributed by atoms with Crippen LogP contribution >= 0.6 is 11.6 Å². The Morgan fingerprint density at radius 1 is 1.50 bits per heavy atom. The summed E-state index contributed by atoms with van der Waals surface area (Å²) in [6.07, 6.45) is 0.522. The highest BCUT2D eigenvalue weighted by molar-refractivity contribution is 7.89. The lowest BCUT2D eigenvalue weighted by molar-refractivity contribution is -0.0342. The van der Waals surface area contributed by atoms with E-state index in [1.54, 1.807) is 19.1 Å². The molecule has 0 bridgehead atoms. The zero-order chi connectivity index (χ0) is 17.7. The van der Waals surface area contributed by atoms with Gasteiger partial charge in [0.25, 0.3) is 0 Å². The third kappa shape index (κ3) is 5.13. The molecule has 1 saturated heterocycles. The van der Waals surface area contributed by atoms with Crippen LogP contribution in [0, 0.1) is 5.82 Å². The van der Waals surface area contributed by atoms with Crippen LogP contribution in [0.1, 0.15) is 31.9 Å². The fraction of sp³-hybridized carbons (Fsp3) is 0.625. The quantitative estimate of drug-likeness (QED) is 0.792. The maximum absolute atomic E-state index is 14.4. The molecule has 2 rings (SSSR count). The molecule has 0 aromatic heterocycles. The minimum atomic E-state index is -3.39. The Labute approximate surface area is 148 Å². The van der Waals surface area contributed by atoms with Crippen LogP contribution in [0.3, 0.4) is 0 Å². The van der Waals surface area contributed by atoms with Gasteiger partial charge in [-0.2, -0.15) is 0 Å². The van der Waals surface area contributed by atoms with E-state index in [1.165, 1.54) is 6.07 Å². The molecule has 1 aromatic rings. The first-order chi connectivity index (χ1) is 11.3. The summed E-state index contributed by atoms with van der Waals surface area (Å²) in [5.74, 6) is -0.383. The predicted octanol–water partition coefficient (Wildman–Crippen LogP) is 2.57. The molecule has 1 N–H and O–H groups in total. The number of benzene rings is 1. The molecule has 5 nitrogen and oxygen atoms in total. The molecule has 0 aliphatic carbocycles. The van der Waals surface area contributed by atoms with Gasteiger partial charge in [-0.05, 0) is 25.5 Å². The van der Waals surface area contributed by atoms with Crippen molar-refractivity contribution >= 4 is 21.6 Å². The molecular formula is C16H24ClFN2O3S. The molecule has 0 amide bonds. The molecule has 1 aliphatic rings. The van der Waals surface area contributed by atoms with E-state index in [2.05, 4.69) is 4.72 Å². The Bertz CT molecular complexity index is 636. The standard InChI is InChI=1S/C16H24ClFN2O3S/c1-3-9-24(21,22)19-10-15(20-7-8-23-12(2)11-20)16-13(17)5-4-6-14(16)18/h4-6,12,15,19H,3,7-11H2,1-2H3. The SMILES string of the molecule is CCCS(=O)(=O)NCC(c1c(F)cccc1Cl)N1CCOC(C)C1. The summed E-state index contributed by atoms with van der Waals surface area (Å²) in [7, 11) is -3.39. The molecule has 1 heterocycles. The lowest BCUT2D eigenvalue weighted by Crippen LogP contribution is -2.47. The van der Waals surface area contributed by atoms with Crippen LogP contribution in [0.4, 0.5) is 4.39 Å². The van der Waals surface area contributed by atoms with Crippen molar-refractivity contribution in [1.82, 2.24) is 9.62 Å². The number of ether oxygens (including phenoxy) is 1. The first-order valence-electron chi connectivity index (χ1n) is 8.11. The van der Waals surface area contributed by atoms with E-state index < -0.39 is 21.9 Å². The Morgan fingerprint density at radius 3 is 2.88 bits per heavy atom. The first-order valence-corrected chi connectivity index (χ1v) is 10.1. The fourth-order valence-corrected chi connectivity index (χ4v) is 4.30. The van der Waals surface area contributed by atoms with Gasteiger partial charge < -0.3 is 4.74 Å². The van der Waals surface area contributed by atoms with Crippen molar-refractivity contribution < 1.29 is 17.5 Å². The van der Waals surface area contributed by atoms with Crippen LogP contribution in [0.5, 0.6) is 0 Å². The van der Waals surface area contributed by atoms with Gasteiger partial charge in [0, 0.05) is 30.2 Å². The number of sulfonamides is 1. The minimum Gasteiger partial charge on any atom is -0.376 e. The van der Waals surface area contributed by atoms with E-state index in [9.17, 15) is 12.8 Å². The largest absolute Gasteiger partial charge is 0.376 e. The first kappa shape index (κ1) is 19.6. The number of nitrogens with zero attached hydrogens (tertiary/aromatic N) is 1. The third-order valence-corrected chi connectivity index (χ3v) is 5.90. The molecule has 24 heavy (non-hydrogen) atoms. The normalized spacial score (nSPS) is 20.9. The van der Waals surface area contributed by atoms with Crippen molar-refractivity contribution in [2.24, 2.45) is 0 Å². The van der Waals surface area contributed by atoms with Gasteiger partial charge in [0.1, 0.15) is 5.82 Å². The molecular weight excluding hydrogens is 355 g/mol. The monoisotopic (exact) mass is 378 g/mol. The minimum absolute atomic E-state index is 0.000882. The molecule has 136 valence electrons. The summed E-state index contributed by atoms with van der Waals surface area (Å²) in [4.78, 5) is 2.02. The van der Waals surface area contributed by atoms with Gasteiger partial charge >= 0.3 is 0 Å². The summed E-state index contributed by atoms with van der Waals surface area (Å²) < 4.78 is 46.5. The second-order valence-electron chi connectivity index (χ2n) is 5.99. The topological polar surface area (TPSA) is 58.6 Å². The van der Waals surface area contributed by atoms with E-state index in [4.69, 9.17) is 16.3 Å². The van der Waals surface area contributed by atoms with Gasteiger partial charge in [-0.3, -0.25) is 4.90 Å². The van der Waals surface area contributed by atoms with Crippen LogP contribution in [-0.4, -0.2) is 51.4 Å². The molecule has 0 spiro atoms. The number of morpholine rings is 1. The van der Waals surface area contributed by atoms with E-state index in [1.807, 2.05) is 11.8 Å². The molecule has 0 radical (unpaired) electrons. The number of nitrogens with one attached hydrogen (secondary N) is 1. The Morgan fingerprint density at radius 2 is 2.25 bits per heavy atom. The second kappa shape index (κ2) is 8.58. The second-order valence-corrected chi connectivity index (χ2v) is 8.33. The third-order valence-electron chi connectivity index (χ3n) is 4.02. The summed E-state index contributed by atoms with van der Waals surface area (Å²) >= 11 is 6.22. The molecule has 0 saturated carbocycles. The van der Waals surface area contributed by atoms with Crippen LogP contribution in [0.25, 0.3) is 0 Å². The van der Waals surface area contributed by atoms with Crippen molar-refractivity contribution in [2.75, 3.05) is 32.0 Å². The van der Waals surface area contributed by atoms with Gasteiger partial charge in [-0.15, -0.1) is 0 Å². The van der Waals surface area contributed by atoms with Crippen molar-refractivity contribution in [2.45, 2.75) is 32.4 Å². The highest BCUT2D eigenvalue weighted by Gasteiger charge is 2.30. The fourth-order valence-electron chi connectivity index (χ4n) is 2.92. The lowest BCUT2D eigenvalue weighted by Gasteiger charge is -2.38. The van der Waals surface area contributed by atoms with Crippen LogP contribution in [0.2, 0.25) is 5.02 Å². The zero-order valence-corrected chi connectivity index (χ0v) is 15.5. The molecule has 2 unspecified atom stereocenters. The van der Waals surface area contributed by atoms with Gasteiger partial charge in [0.05, 0.1) is 24.5 Å². The van der Waals surface area contributed by atoms with Crippen molar-refractivity contribution in [3.63, 3.8) is 0 Å². The zero-order valence-electron chi connectivity index (χ0n) is 14.0. The highest BCUT2D eigenvalue weighted by atomic mass is 35.5. The maximum Gasteiger partial charge on any atom is 0.211 e. The van der Waals surface area contributed by atoms with Gasteiger partial charge in [0.2, 0.25) is 10.0 Å². The summed E-state index contributed by atoms with van der Waals surface area (Å²) in [6.45, 7) is 5.52. The van der Waals surface area contributed by atoms with Crippen LogP contribution in [0.15, 0.2) is 18.2 Å². The molecule has 1 fully saturated rings. The Kier molecular flexibility index (Phi) is 7.00. The van der Waals surface area contributed by atoms with E-state index in [0.717, 1.165) is 0 Å². The predicted molar refractivity (Wildman–Crippen MR) is 93.2 cm³/mol. The van der Waals surface area contributed by atoms with Crippen LogP contribution < -0.4 is 4.72 Å². The van der Waals surface area contributed by atoms with E-state index >= 15 is 0 Å². The highest BCUT2D eigenvalue weighted by Crippen LogP contribution is 2.31. The summed E-state index contributed by atoms with van der Waals surface area (Å²) in [5.41, 5.74) is 0.326. The average Bonchev–Trinajstić information content (AvgIpc) is 2.50. The smallest absolute Gasteiger partial charge is 0.211 e. The summed E-state index contributed by atoms with van der Waals surface area (Å²) in [6, 6.07) is 4.04. The molecule has 2 atom stereocenters. The van der Waals surface area contributed by atoms with Crippen molar-refractivity contribution in [1.29, 1.82) is 0 Å². The van der Waals surface area contributed by atoms with Gasteiger partial charge in [-0.25, -0.2) is 17.5 Å². The Hall–Kier alpha value is -0.730. The molecule has 1 aromatic carbocycles. The van der Waals surface area contributed by atoms with Gasteiger partial charge in [0.15, 0.2) is 0 Å². The van der Waals surface area contributed by atoms with E-state index in [0.29, 0.717) is 36.7 Å². The Balaban J connectivity index is 2.28. The number of hydrogen-bond acceptors (Lipinski definition) is 4. The lowest BCUT2D eigenvalue weighted by atomic mass is 10.0. The molecule has 8 heteroatoms. The van der Waals surface area contributed by atoms with Gasteiger partial charge in [-0.1, -0.05) is 24.6 Å². The average molecular weight is 379 g/mol. The van der Waals surface area contributed by atoms with Crippen LogP contribution in [-0.2, 0) is 14.8 Å². The van der Waals surface area contributed by atoms with Crippen molar-refractivity contribution in [3.05, 3.63) is 34.6 Å². The molecule has 1 aliphatic heterocycles.